The molecule has 2 fully saturated rings. The van der Waals surface area contributed by atoms with E-state index in [1.807, 2.05) is 0 Å². The number of rotatable bonds is 6. The highest BCUT2D eigenvalue weighted by Crippen LogP contribution is 2.55. The van der Waals surface area contributed by atoms with E-state index in [0.717, 1.165) is 30.9 Å². The van der Waals surface area contributed by atoms with Crippen LogP contribution in [0.5, 0.6) is 5.75 Å². The fourth-order valence-corrected chi connectivity index (χ4v) is 4.42. The van der Waals surface area contributed by atoms with Crippen LogP contribution in [0.25, 0.3) is 0 Å². The van der Waals surface area contributed by atoms with Gasteiger partial charge >= 0.3 is 11.9 Å². The quantitative estimate of drug-likeness (QED) is 0.154. The van der Waals surface area contributed by atoms with E-state index < -0.39 is 58.5 Å². The second-order valence-electron chi connectivity index (χ2n) is 7.47. The second kappa shape index (κ2) is 7.41. The summed E-state index contributed by atoms with van der Waals surface area (Å²) in [5.74, 6) is -5.06. The summed E-state index contributed by atoms with van der Waals surface area (Å²) in [6.45, 7) is 2.21. The Labute approximate surface area is 180 Å². The maximum atomic E-state index is 13.5. The van der Waals surface area contributed by atoms with Gasteiger partial charge in [0.15, 0.2) is 5.60 Å². The molecule has 3 heterocycles. The van der Waals surface area contributed by atoms with Crippen LogP contribution in [0.4, 0.5) is 11.4 Å². The summed E-state index contributed by atoms with van der Waals surface area (Å²) in [4.78, 5) is 61.3. The number of nitrogens with zero attached hydrogens (tertiary/aromatic N) is 2. The third kappa shape index (κ3) is 3.02. The zero-order valence-electron chi connectivity index (χ0n) is 17.2. The number of fused-ring (bicyclic) bond motifs is 5. The first-order valence-electron chi connectivity index (χ1n) is 9.52. The van der Waals surface area contributed by atoms with Crippen molar-refractivity contribution in [3.63, 3.8) is 0 Å². The molecule has 2 saturated heterocycles. The number of amides is 2. The summed E-state index contributed by atoms with van der Waals surface area (Å²) in [6.07, 6.45) is 0.586. The highest BCUT2D eigenvalue weighted by molar-refractivity contribution is 6.24. The van der Waals surface area contributed by atoms with Crippen LogP contribution in [0.2, 0.25) is 0 Å². The van der Waals surface area contributed by atoms with E-state index >= 15 is 0 Å². The predicted octanol–water partition coefficient (Wildman–Crippen LogP) is 0.869. The van der Waals surface area contributed by atoms with E-state index in [0.29, 0.717) is 0 Å². The molecule has 12 nitrogen and oxygen atoms in total. The molecule has 4 atom stereocenters. The molecule has 4 rings (SSSR count). The van der Waals surface area contributed by atoms with Crippen LogP contribution in [0.3, 0.4) is 0 Å². The fraction of sp³-hybridized carbons (Fsp3) is 0.400. The lowest BCUT2D eigenvalue weighted by Crippen LogP contribution is -2.52. The number of carbonyl (C=O) groups excluding carboxylic acids is 4. The van der Waals surface area contributed by atoms with E-state index in [1.54, 1.807) is 6.08 Å². The van der Waals surface area contributed by atoms with Gasteiger partial charge in [0.1, 0.15) is 5.75 Å². The highest BCUT2D eigenvalue weighted by Gasteiger charge is 2.72. The molecule has 2 bridgehead atoms. The van der Waals surface area contributed by atoms with Gasteiger partial charge in [0.25, 0.3) is 12.0 Å². The number of nitro benzene ring substituents is 1. The van der Waals surface area contributed by atoms with Gasteiger partial charge in [-0.1, -0.05) is 6.08 Å². The number of methoxy groups -OCH3 is 1. The molecule has 3 aliphatic rings. The van der Waals surface area contributed by atoms with Gasteiger partial charge in [-0.15, -0.1) is 0 Å². The van der Waals surface area contributed by atoms with Crippen LogP contribution in [-0.4, -0.2) is 53.8 Å². The van der Waals surface area contributed by atoms with Crippen LogP contribution >= 0.6 is 0 Å². The minimum Gasteiger partial charge on any atom is -0.494 e. The Hall–Kier alpha value is -3.80. The van der Waals surface area contributed by atoms with Crippen molar-refractivity contribution in [2.45, 2.75) is 31.8 Å². The standard InChI is InChI=1S/C20H18N2O10/c1-9(23)30-19(31-10(2)24)20-7-6-13(32-20)15-16(20)18(26)21(17(15)25)12-5-4-11(22(27)28)8-14(12)29-3/h4-8,13,15-16,19H,1-3H3. The van der Waals surface area contributed by atoms with Crippen LogP contribution in [0.15, 0.2) is 30.4 Å². The Morgan fingerprint density at radius 1 is 1.19 bits per heavy atom. The molecule has 0 saturated carbocycles. The van der Waals surface area contributed by atoms with E-state index in [2.05, 4.69) is 0 Å². The molecule has 0 aromatic heterocycles. The summed E-state index contributed by atoms with van der Waals surface area (Å²) in [7, 11) is 1.25. The molecule has 0 radical (unpaired) electrons. The van der Waals surface area contributed by atoms with Crippen LogP contribution in [0, 0.1) is 22.0 Å². The molecular formula is C20H18N2O10. The minimum absolute atomic E-state index is 0.0218. The summed E-state index contributed by atoms with van der Waals surface area (Å²) < 4.78 is 21.3. The van der Waals surface area contributed by atoms with Crippen molar-refractivity contribution >= 4 is 35.1 Å². The first-order chi connectivity index (χ1) is 15.1. The Bertz CT molecular complexity index is 1070. The maximum absolute atomic E-state index is 13.5. The lowest BCUT2D eigenvalue weighted by atomic mass is 9.76. The highest BCUT2D eigenvalue weighted by atomic mass is 16.7. The van der Waals surface area contributed by atoms with Crippen molar-refractivity contribution in [1.82, 2.24) is 0 Å². The van der Waals surface area contributed by atoms with Gasteiger partial charge in [-0.05, 0) is 12.1 Å². The van der Waals surface area contributed by atoms with Gasteiger partial charge < -0.3 is 18.9 Å². The zero-order chi connectivity index (χ0) is 23.4. The number of non-ortho nitro benzene ring substituents is 1. The van der Waals surface area contributed by atoms with E-state index in [1.165, 1.54) is 19.3 Å². The van der Waals surface area contributed by atoms with E-state index in [9.17, 15) is 29.3 Å². The lowest BCUT2D eigenvalue weighted by Gasteiger charge is -2.34. The number of nitro groups is 1. The largest absolute Gasteiger partial charge is 0.494 e. The fourth-order valence-electron chi connectivity index (χ4n) is 4.42. The van der Waals surface area contributed by atoms with Gasteiger partial charge in [-0.2, -0.15) is 0 Å². The van der Waals surface area contributed by atoms with Gasteiger partial charge in [0.2, 0.25) is 11.8 Å². The third-order valence-corrected chi connectivity index (χ3v) is 5.61. The normalized spacial score (nSPS) is 27.6. The van der Waals surface area contributed by atoms with Gasteiger partial charge in [0, 0.05) is 19.9 Å². The molecule has 1 aromatic carbocycles. The van der Waals surface area contributed by atoms with Crippen LogP contribution < -0.4 is 9.64 Å². The van der Waals surface area contributed by atoms with Crippen molar-refractivity contribution in [3.8, 4) is 5.75 Å². The summed E-state index contributed by atoms with van der Waals surface area (Å²) in [6, 6.07) is 3.49. The zero-order valence-corrected chi connectivity index (χ0v) is 17.2. The number of esters is 2. The van der Waals surface area contributed by atoms with Crippen LogP contribution in [0.1, 0.15) is 13.8 Å². The number of hydrogen-bond donors (Lipinski definition) is 0. The van der Waals surface area contributed by atoms with E-state index in [-0.39, 0.29) is 17.1 Å². The average Bonchev–Trinajstić information content (AvgIpc) is 3.37. The molecule has 168 valence electrons. The number of imide groups is 1. The monoisotopic (exact) mass is 446 g/mol. The number of anilines is 1. The van der Waals surface area contributed by atoms with Crippen molar-refractivity contribution < 1.29 is 43.0 Å². The SMILES string of the molecule is COc1cc([N+](=O)[O-])ccc1N1C(=O)C2C3C=CC(C(OC(C)=O)OC(C)=O)(O3)C2C1=O. The molecule has 0 N–H and O–H groups in total. The van der Waals surface area contributed by atoms with Crippen molar-refractivity contribution in [1.29, 1.82) is 0 Å². The Kier molecular flexibility index (Phi) is 4.96. The summed E-state index contributed by atoms with van der Waals surface area (Å²) in [5.41, 5.74) is -1.95. The van der Waals surface area contributed by atoms with Crippen molar-refractivity contribution in [2.75, 3.05) is 12.0 Å². The Balaban J connectivity index is 1.76. The van der Waals surface area contributed by atoms with Gasteiger partial charge in [-0.3, -0.25) is 29.3 Å². The number of hydrogen-bond acceptors (Lipinski definition) is 10. The first kappa shape index (κ1) is 21.4. The van der Waals surface area contributed by atoms with Crippen molar-refractivity contribution in [2.24, 2.45) is 11.8 Å². The minimum atomic E-state index is -1.69. The van der Waals surface area contributed by atoms with Crippen molar-refractivity contribution in [3.05, 3.63) is 40.5 Å². The number of benzene rings is 1. The maximum Gasteiger partial charge on any atom is 0.305 e. The van der Waals surface area contributed by atoms with Crippen LogP contribution in [-0.2, 0) is 33.4 Å². The Morgan fingerprint density at radius 3 is 2.41 bits per heavy atom. The van der Waals surface area contributed by atoms with Gasteiger partial charge in [-0.25, -0.2) is 4.90 Å². The molecule has 1 aromatic rings. The molecule has 0 aliphatic carbocycles. The Morgan fingerprint density at radius 2 is 1.84 bits per heavy atom. The number of carbonyl (C=O) groups is 4. The molecule has 3 aliphatic heterocycles. The molecule has 12 heteroatoms. The molecule has 2 amide bonds. The topological polar surface area (TPSA) is 152 Å². The third-order valence-electron chi connectivity index (χ3n) is 5.61. The number of ether oxygens (including phenoxy) is 4. The smallest absolute Gasteiger partial charge is 0.305 e. The molecule has 32 heavy (non-hydrogen) atoms. The first-order valence-corrected chi connectivity index (χ1v) is 9.52. The molecular weight excluding hydrogens is 428 g/mol. The lowest BCUT2D eigenvalue weighted by molar-refractivity contribution is -0.384. The molecule has 0 spiro atoms. The summed E-state index contributed by atoms with van der Waals surface area (Å²) >= 11 is 0. The average molecular weight is 446 g/mol. The molecule has 4 unspecified atom stereocenters. The van der Waals surface area contributed by atoms with Gasteiger partial charge in [0.05, 0.1) is 41.7 Å². The predicted molar refractivity (Wildman–Crippen MR) is 103 cm³/mol. The van der Waals surface area contributed by atoms with E-state index in [4.69, 9.17) is 18.9 Å². The second-order valence-corrected chi connectivity index (χ2v) is 7.47. The summed E-state index contributed by atoms with van der Waals surface area (Å²) in [5, 5.41) is 11.1.